The first kappa shape index (κ1) is 17.3. The summed E-state index contributed by atoms with van der Waals surface area (Å²) >= 11 is 0. The second-order valence-corrected chi connectivity index (χ2v) is 5.37. The van der Waals surface area contributed by atoms with Crippen LogP contribution in [0.3, 0.4) is 0 Å². The lowest BCUT2D eigenvalue weighted by Gasteiger charge is -2.34. The fourth-order valence-corrected chi connectivity index (χ4v) is 2.40. The SMILES string of the molecule is C=CCOc1ccc(C(=O)N2CCO[C@H]([C@@H](C)O)C2)cc1OC. The van der Waals surface area contributed by atoms with Crippen LogP contribution in [0, 0.1) is 0 Å². The highest BCUT2D eigenvalue weighted by Gasteiger charge is 2.28. The van der Waals surface area contributed by atoms with E-state index in [1.54, 1.807) is 36.1 Å². The molecule has 1 N–H and O–H groups in total. The maximum atomic E-state index is 12.6. The van der Waals surface area contributed by atoms with Gasteiger partial charge in [0.15, 0.2) is 11.5 Å². The number of amides is 1. The fraction of sp³-hybridized carbons (Fsp3) is 0.471. The Hall–Kier alpha value is -2.05. The van der Waals surface area contributed by atoms with Gasteiger partial charge in [-0.3, -0.25) is 4.79 Å². The van der Waals surface area contributed by atoms with Crippen LogP contribution in [-0.4, -0.2) is 61.5 Å². The molecule has 0 saturated carbocycles. The topological polar surface area (TPSA) is 68.2 Å². The molecule has 1 amide bonds. The van der Waals surface area contributed by atoms with Crippen LogP contribution in [0.5, 0.6) is 11.5 Å². The Bertz CT molecular complexity index is 558. The van der Waals surface area contributed by atoms with Crippen molar-refractivity contribution in [3.8, 4) is 11.5 Å². The molecule has 0 aromatic heterocycles. The van der Waals surface area contributed by atoms with Crippen LogP contribution in [0.15, 0.2) is 30.9 Å². The Morgan fingerprint density at radius 3 is 3.00 bits per heavy atom. The van der Waals surface area contributed by atoms with Crippen LogP contribution in [0.2, 0.25) is 0 Å². The third-order valence-corrected chi connectivity index (χ3v) is 3.69. The van der Waals surface area contributed by atoms with E-state index in [1.807, 2.05) is 0 Å². The molecule has 6 nitrogen and oxygen atoms in total. The molecule has 0 bridgehead atoms. The molecule has 2 atom stereocenters. The second kappa shape index (κ2) is 7.99. The van der Waals surface area contributed by atoms with Gasteiger partial charge in [-0.25, -0.2) is 0 Å². The zero-order valence-electron chi connectivity index (χ0n) is 13.5. The van der Waals surface area contributed by atoms with Gasteiger partial charge in [-0.05, 0) is 25.1 Å². The summed E-state index contributed by atoms with van der Waals surface area (Å²) in [7, 11) is 1.53. The first-order valence-corrected chi connectivity index (χ1v) is 7.57. The van der Waals surface area contributed by atoms with Crippen LogP contribution >= 0.6 is 0 Å². The Morgan fingerprint density at radius 2 is 2.35 bits per heavy atom. The van der Waals surface area contributed by atoms with Crippen LogP contribution < -0.4 is 9.47 Å². The molecule has 0 spiro atoms. The van der Waals surface area contributed by atoms with Crippen molar-refractivity contribution in [3.05, 3.63) is 36.4 Å². The summed E-state index contributed by atoms with van der Waals surface area (Å²) in [4.78, 5) is 14.3. The molecule has 23 heavy (non-hydrogen) atoms. The number of hydrogen-bond acceptors (Lipinski definition) is 5. The maximum absolute atomic E-state index is 12.6. The summed E-state index contributed by atoms with van der Waals surface area (Å²) in [6, 6.07) is 5.08. The Morgan fingerprint density at radius 1 is 1.57 bits per heavy atom. The molecular weight excluding hydrogens is 298 g/mol. The third-order valence-electron chi connectivity index (χ3n) is 3.69. The minimum Gasteiger partial charge on any atom is -0.493 e. The van der Waals surface area contributed by atoms with Crippen molar-refractivity contribution in [1.29, 1.82) is 0 Å². The molecule has 1 aromatic carbocycles. The Labute approximate surface area is 136 Å². The van der Waals surface area contributed by atoms with Crippen molar-refractivity contribution in [2.24, 2.45) is 0 Å². The van der Waals surface area contributed by atoms with E-state index in [0.717, 1.165) is 0 Å². The smallest absolute Gasteiger partial charge is 0.254 e. The first-order valence-electron chi connectivity index (χ1n) is 7.57. The monoisotopic (exact) mass is 321 g/mol. The molecule has 1 saturated heterocycles. The van der Waals surface area contributed by atoms with Gasteiger partial charge in [-0.2, -0.15) is 0 Å². The van der Waals surface area contributed by atoms with E-state index in [-0.39, 0.29) is 12.0 Å². The fourth-order valence-electron chi connectivity index (χ4n) is 2.40. The summed E-state index contributed by atoms with van der Waals surface area (Å²) < 4.78 is 16.2. The van der Waals surface area contributed by atoms with Gasteiger partial charge in [0.1, 0.15) is 12.7 Å². The number of nitrogens with zero attached hydrogens (tertiary/aromatic N) is 1. The molecule has 0 unspecified atom stereocenters. The number of rotatable bonds is 6. The summed E-state index contributed by atoms with van der Waals surface area (Å²) in [5.41, 5.74) is 0.513. The summed E-state index contributed by atoms with van der Waals surface area (Å²) in [5, 5.41) is 9.64. The molecule has 6 heteroatoms. The highest BCUT2D eigenvalue weighted by Crippen LogP contribution is 2.29. The number of benzene rings is 1. The van der Waals surface area contributed by atoms with Crippen LogP contribution in [0.25, 0.3) is 0 Å². The molecular formula is C17H23NO5. The van der Waals surface area contributed by atoms with E-state index in [9.17, 15) is 9.90 Å². The normalized spacial score (nSPS) is 19.1. The predicted octanol–water partition coefficient (Wildman–Crippen LogP) is 1.48. The average molecular weight is 321 g/mol. The second-order valence-electron chi connectivity index (χ2n) is 5.37. The lowest BCUT2D eigenvalue weighted by atomic mass is 10.1. The number of aliphatic hydroxyl groups is 1. The van der Waals surface area contributed by atoms with Gasteiger partial charge in [0, 0.05) is 18.7 Å². The van der Waals surface area contributed by atoms with Crippen molar-refractivity contribution in [1.82, 2.24) is 4.90 Å². The highest BCUT2D eigenvalue weighted by atomic mass is 16.5. The van der Waals surface area contributed by atoms with Crippen molar-refractivity contribution in [2.75, 3.05) is 33.4 Å². The van der Waals surface area contributed by atoms with Gasteiger partial charge in [0.05, 0.1) is 19.8 Å². The van der Waals surface area contributed by atoms with Gasteiger partial charge in [0.25, 0.3) is 5.91 Å². The highest BCUT2D eigenvalue weighted by molar-refractivity contribution is 5.95. The van der Waals surface area contributed by atoms with Gasteiger partial charge in [-0.15, -0.1) is 0 Å². The van der Waals surface area contributed by atoms with Gasteiger partial charge in [-0.1, -0.05) is 12.7 Å². The number of morpholine rings is 1. The standard InChI is InChI=1S/C17H23NO5/c1-4-8-22-14-6-5-13(10-15(14)21-3)17(20)18-7-9-23-16(11-18)12(2)19/h4-6,10,12,16,19H,1,7-9,11H2,2-3H3/t12-,16+/m1/s1. The van der Waals surface area contributed by atoms with E-state index < -0.39 is 6.10 Å². The maximum Gasteiger partial charge on any atom is 0.254 e. The van der Waals surface area contributed by atoms with E-state index >= 15 is 0 Å². The van der Waals surface area contributed by atoms with Crippen LogP contribution in [-0.2, 0) is 4.74 Å². The molecule has 1 aromatic rings. The van der Waals surface area contributed by atoms with Crippen LogP contribution in [0.4, 0.5) is 0 Å². The number of carbonyl (C=O) groups is 1. The lowest BCUT2D eigenvalue weighted by Crippen LogP contribution is -2.49. The van der Waals surface area contributed by atoms with Crippen molar-refractivity contribution >= 4 is 5.91 Å². The number of ether oxygens (including phenoxy) is 3. The molecule has 2 rings (SSSR count). The Balaban J connectivity index is 2.14. The van der Waals surface area contributed by atoms with E-state index in [2.05, 4.69) is 6.58 Å². The molecule has 1 aliphatic heterocycles. The third kappa shape index (κ3) is 4.24. The largest absolute Gasteiger partial charge is 0.493 e. The van der Waals surface area contributed by atoms with Crippen molar-refractivity contribution in [2.45, 2.75) is 19.1 Å². The predicted molar refractivity (Wildman–Crippen MR) is 86.0 cm³/mol. The van der Waals surface area contributed by atoms with Crippen molar-refractivity contribution < 1.29 is 24.1 Å². The van der Waals surface area contributed by atoms with E-state index in [1.165, 1.54) is 7.11 Å². The minimum atomic E-state index is -0.616. The van der Waals surface area contributed by atoms with E-state index in [0.29, 0.717) is 43.4 Å². The minimum absolute atomic E-state index is 0.118. The van der Waals surface area contributed by atoms with E-state index in [4.69, 9.17) is 14.2 Å². The first-order chi connectivity index (χ1) is 11.1. The molecule has 0 aliphatic carbocycles. The molecule has 126 valence electrons. The number of aliphatic hydroxyl groups excluding tert-OH is 1. The lowest BCUT2D eigenvalue weighted by molar-refractivity contribution is -0.0745. The average Bonchev–Trinajstić information content (AvgIpc) is 2.59. The van der Waals surface area contributed by atoms with Crippen molar-refractivity contribution in [3.63, 3.8) is 0 Å². The molecule has 1 heterocycles. The van der Waals surface area contributed by atoms with Crippen LogP contribution in [0.1, 0.15) is 17.3 Å². The summed E-state index contributed by atoms with van der Waals surface area (Å²) in [5.74, 6) is 0.943. The summed E-state index contributed by atoms with van der Waals surface area (Å²) in [6.45, 7) is 6.91. The van der Waals surface area contributed by atoms with Gasteiger partial charge < -0.3 is 24.2 Å². The quantitative estimate of drug-likeness (QED) is 0.804. The number of carbonyl (C=O) groups excluding carboxylic acids is 1. The number of hydrogen-bond donors (Lipinski definition) is 1. The Kier molecular flexibility index (Phi) is 6.01. The zero-order valence-corrected chi connectivity index (χ0v) is 13.5. The van der Waals surface area contributed by atoms with Gasteiger partial charge >= 0.3 is 0 Å². The molecule has 1 fully saturated rings. The molecule has 0 radical (unpaired) electrons. The summed E-state index contributed by atoms with van der Waals surface area (Å²) in [6.07, 6.45) is 0.669. The molecule has 1 aliphatic rings. The zero-order chi connectivity index (χ0) is 16.8. The number of methoxy groups -OCH3 is 1. The van der Waals surface area contributed by atoms with Gasteiger partial charge in [0.2, 0.25) is 0 Å².